The van der Waals surface area contributed by atoms with E-state index >= 15 is 0 Å². The van der Waals surface area contributed by atoms with Crippen LogP contribution in [-0.4, -0.2) is 38.1 Å². The number of hydrogen-bond donors (Lipinski definition) is 1. The molecule has 0 aromatic heterocycles. The van der Waals surface area contributed by atoms with E-state index in [0.717, 1.165) is 38.0 Å². The second kappa shape index (κ2) is 9.29. The summed E-state index contributed by atoms with van der Waals surface area (Å²) in [5.74, 6) is -0.117. The van der Waals surface area contributed by atoms with Crippen molar-refractivity contribution >= 4 is 17.3 Å². The highest BCUT2D eigenvalue weighted by atomic mass is 19.1. The molecule has 0 saturated heterocycles. The van der Waals surface area contributed by atoms with Crippen molar-refractivity contribution in [2.75, 3.05) is 36.0 Å². The SMILES string of the molecule is O=C(CN1CCCCc2ccccc21)NCCCN(c1ccc(F)cc1)C1CC1. The van der Waals surface area contributed by atoms with Crippen LogP contribution in [0.2, 0.25) is 0 Å². The maximum Gasteiger partial charge on any atom is 0.239 e. The van der Waals surface area contributed by atoms with Gasteiger partial charge in [-0.1, -0.05) is 18.2 Å². The van der Waals surface area contributed by atoms with Crippen molar-refractivity contribution < 1.29 is 9.18 Å². The van der Waals surface area contributed by atoms with E-state index in [2.05, 4.69) is 39.4 Å². The first-order valence-corrected chi connectivity index (χ1v) is 10.8. The van der Waals surface area contributed by atoms with Crippen LogP contribution in [0.3, 0.4) is 0 Å². The van der Waals surface area contributed by atoms with Gasteiger partial charge in [-0.3, -0.25) is 4.79 Å². The highest BCUT2D eigenvalue weighted by Gasteiger charge is 2.28. The molecule has 1 N–H and O–H groups in total. The molecule has 0 spiro atoms. The smallest absolute Gasteiger partial charge is 0.239 e. The largest absolute Gasteiger partial charge is 0.368 e. The van der Waals surface area contributed by atoms with Gasteiger partial charge in [0.15, 0.2) is 0 Å². The summed E-state index contributed by atoms with van der Waals surface area (Å²) in [7, 11) is 0. The van der Waals surface area contributed by atoms with Crippen LogP contribution in [0.5, 0.6) is 0 Å². The maximum absolute atomic E-state index is 13.2. The molecule has 5 heteroatoms. The van der Waals surface area contributed by atoms with Crippen LogP contribution >= 0.6 is 0 Å². The molecule has 2 aliphatic rings. The summed E-state index contributed by atoms with van der Waals surface area (Å²) < 4.78 is 13.2. The summed E-state index contributed by atoms with van der Waals surface area (Å²) in [5, 5.41) is 3.09. The summed E-state index contributed by atoms with van der Waals surface area (Å²) in [5.41, 5.74) is 3.62. The Morgan fingerprint density at radius 1 is 1.10 bits per heavy atom. The summed E-state index contributed by atoms with van der Waals surface area (Å²) in [6.07, 6.45) is 6.66. The predicted octanol–water partition coefficient (Wildman–Crippen LogP) is 4.14. The van der Waals surface area contributed by atoms with Gasteiger partial charge < -0.3 is 15.1 Å². The van der Waals surface area contributed by atoms with E-state index in [1.54, 1.807) is 0 Å². The Hall–Kier alpha value is -2.56. The topological polar surface area (TPSA) is 35.6 Å². The first-order chi connectivity index (χ1) is 14.2. The molecule has 2 aromatic rings. The van der Waals surface area contributed by atoms with Crippen molar-refractivity contribution in [3.05, 3.63) is 59.9 Å². The molecule has 1 aliphatic carbocycles. The Bertz CT molecular complexity index is 819. The molecule has 4 rings (SSSR count). The number of anilines is 2. The van der Waals surface area contributed by atoms with Crippen LogP contribution < -0.4 is 15.1 Å². The number of carbonyl (C=O) groups excluding carboxylic acids is 1. The van der Waals surface area contributed by atoms with Gasteiger partial charge in [0, 0.05) is 37.1 Å². The van der Waals surface area contributed by atoms with Gasteiger partial charge in [-0.25, -0.2) is 4.39 Å². The molecule has 0 unspecified atom stereocenters. The van der Waals surface area contributed by atoms with Crippen LogP contribution in [0, 0.1) is 5.82 Å². The highest BCUT2D eigenvalue weighted by Crippen LogP contribution is 2.31. The van der Waals surface area contributed by atoms with E-state index in [1.807, 2.05) is 12.1 Å². The third-order valence-electron chi connectivity index (χ3n) is 5.83. The molecule has 0 radical (unpaired) electrons. The van der Waals surface area contributed by atoms with Crippen LogP contribution in [0.4, 0.5) is 15.8 Å². The molecule has 1 fully saturated rings. The third kappa shape index (κ3) is 5.28. The lowest BCUT2D eigenvalue weighted by atomic mass is 10.1. The molecule has 1 aliphatic heterocycles. The van der Waals surface area contributed by atoms with Crippen LogP contribution in [0.25, 0.3) is 0 Å². The van der Waals surface area contributed by atoms with Gasteiger partial charge in [-0.2, -0.15) is 0 Å². The van der Waals surface area contributed by atoms with E-state index in [-0.39, 0.29) is 11.7 Å². The van der Waals surface area contributed by atoms with E-state index in [9.17, 15) is 9.18 Å². The fourth-order valence-corrected chi connectivity index (χ4v) is 4.18. The zero-order chi connectivity index (χ0) is 20.1. The summed E-state index contributed by atoms with van der Waals surface area (Å²) in [6, 6.07) is 15.7. The molecular weight excluding hydrogens is 365 g/mol. The number of aryl methyl sites for hydroxylation is 1. The first kappa shape index (κ1) is 19.7. The number of nitrogens with one attached hydrogen (secondary N) is 1. The molecule has 0 atom stereocenters. The van der Waals surface area contributed by atoms with Crippen LogP contribution in [-0.2, 0) is 11.2 Å². The van der Waals surface area contributed by atoms with Crippen molar-refractivity contribution in [3.8, 4) is 0 Å². The minimum Gasteiger partial charge on any atom is -0.368 e. The van der Waals surface area contributed by atoms with Crippen molar-refractivity contribution in [2.45, 2.75) is 44.6 Å². The normalized spacial score (nSPS) is 16.1. The minimum absolute atomic E-state index is 0.0847. The quantitative estimate of drug-likeness (QED) is 0.682. The van der Waals surface area contributed by atoms with E-state index in [1.165, 1.54) is 42.6 Å². The van der Waals surface area contributed by atoms with Gasteiger partial charge in [0.1, 0.15) is 5.82 Å². The van der Waals surface area contributed by atoms with Gasteiger partial charge >= 0.3 is 0 Å². The lowest BCUT2D eigenvalue weighted by Crippen LogP contribution is -2.39. The Labute approximate surface area is 172 Å². The number of rotatable bonds is 8. The predicted molar refractivity (Wildman–Crippen MR) is 116 cm³/mol. The number of nitrogens with zero attached hydrogens (tertiary/aromatic N) is 2. The number of benzene rings is 2. The molecule has 29 heavy (non-hydrogen) atoms. The third-order valence-corrected chi connectivity index (χ3v) is 5.83. The van der Waals surface area contributed by atoms with Gasteiger partial charge in [-0.05, 0) is 74.4 Å². The van der Waals surface area contributed by atoms with E-state index in [4.69, 9.17) is 0 Å². The van der Waals surface area contributed by atoms with E-state index in [0.29, 0.717) is 19.1 Å². The average molecular weight is 396 g/mol. The Kier molecular flexibility index (Phi) is 6.33. The second-order valence-corrected chi connectivity index (χ2v) is 8.11. The minimum atomic E-state index is -0.202. The Morgan fingerprint density at radius 3 is 2.69 bits per heavy atom. The first-order valence-electron chi connectivity index (χ1n) is 10.8. The molecule has 2 aromatic carbocycles. The lowest BCUT2D eigenvalue weighted by molar-refractivity contribution is -0.119. The monoisotopic (exact) mass is 395 g/mol. The number of carbonyl (C=O) groups is 1. The standard InChI is InChI=1S/C24H30FN3O/c25-20-9-11-21(12-10-20)28(22-13-14-22)17-5-15-26-24(29)18-27-16-4-3-7-19-6-1-2-8-23(19)27/h1-2,6,8-12,22H,3-5,7,13-18H2,(H,26,29). The molecule has 1 amide bonds. The average Bonchev–Trinajstić information content (AvgIpc) is 3.57. The Morgan fingerprint density at radius 2 is 1.90 bits per heavy atom. The Balaban J connectivity index is 1.25. The van der Waals surface area contributed by atoms with Crippen molar-refractivity contribution in [2.24, 2.45) is 0 Å². The number of amides is 1. The summed E-state index contributed by atoms with van der Waals surface area (Å²) in [6.45, 7) is 2.90. The number of halogens is 1. The number of hydrogen-bond acceptors (Lipinski definition) is 3. The number of para-hydroxylation sites is 1. The van der Waals surface area contributed by atoms with Crippen molar-refractivity contribution in [1.29, 1.82) is 0 Å². The van der Waals surface area contributed by atoms with Crippen LogP contribution in [0.1, 0.15) is 37.7 Å². The van der Waals surface area contributed by atoms with Crippen LogP contribution in [0.15, 0.2) is 48.5 Å². The van der Waals surface area contributed by atoms with E-state index < -0.39 is 0 Å². The number of fused-ring (bicyclic) bond motifs is 1. The molecule has 4 nitrogen and oxygen atoms in total. The van der Waals surface area contributed by atoms with Crippen molar-refractivity contribution in [3.63, 3.8) is 0 Å². The molecule has 1 saturated carbocycles. The zero-order valence-electron chi connectivity index (χ0n) is 16.9. The van der Waals surface area contributed by atoms with Gasteiger partial charge in [0.25, 0.3) is 0 Å². The zero-order valence-corrected chi connectivity index (χ0v) is 16.9. The fraction of sp³-hybridized carbons (Fsp3) is 0.458. The molecule has 0 bridgehead atoms. The van der Waals surface area contributed by atoms with Gasteiger partial charge in [0.2, 0.25) is 5.91 Å². The maximum atomic E-state index is 13.2. The van der Waals surface area contributed by atoms with Gasteiger partial charge in [0.05, 0.1) is 6.54 Å². The lowest BCUT2D eigenvalue weighted by Gasteiger charge is -2.26. The van der Waals surface area contributed by atoms with Gasteiger partial charge in [-0.15, -0.1) is 0 Å². The summed E-state index contributed by atoms with van der Waals surface area (Å²) >= 11 is 0. The fourth-order valence-electron chi connectivity index (χ4n) is 4.18. The molecule has 1 heterocycles. The molecular formula is C24H30FN3O. The highest BCUT2D eigenvalue weighted by molar-refractivity contribution is 5.81. The summed E-state index contributed by atoms with van der Waals surface area (Å²) in [4.78, 5) is 17.1. The second-order valence-electron chi connectivity index (χ2n) is 8.11. The van der Waals surface area contributed by atoms with Crippen molar-refractivity contribution in [1.82, 2.24) is 5.32 Å². The molecule has 154 valence electrons.